The molecule has 3 rings (SSSR count). The van der Waals surface area contributed by atoms with E-state index in [-0.39, 0.29) is 5.02 Å². The largest absolute Gasteiger partial charge is 0.451 e. The Morgan fingerprint density at radius 2 is 1.96 bits per heavy atom. The van der Waals surface area contributed by atoms with Gasteiger partial charge in [-0.25, -0.2) is 14.2 Å². The van der Waals surface area contributed by atoms with Crippen LogP contribution in [0.2, 0.25) is 5.02 Å². The number of aromatic nitrogens is 1. The lowest BCUT2D eigenvalue weighted by atomic mass is 10.2. The Hall–Kier alpha value is -2.77. The highest BCUT2D eigenvalue weighted by Gasteiger charge is 2.18. The van der Waals surface area contributed by atoms with Crippen LogP contribution in [0.1, 0.15) is 15.4 Å². The number of amides is 1. The summed E-state index contributed by atoms with van der Waals surface area (Å²) in [5.74, 6) is -1.77. The Kier molecular flexibility index (Phi) is 5.83. The molecule has 0 unspecified atom stereocenters. The first-order valence-electron chi connectivity index (χ1n) is 7.89. The number of hydrogen-bond donors (Lipinski definition) is 1. The average molecular weight is 405 g/mol. The van der Waals surface area contributed by atoms with E-state index >= 15 is 0 Å². The Labute approximate surface area is 163 Å². The highest BCUT2D eigenvalue weighted by molar-refractivity contribution is 7.17. The van der Waals surface area contributed by atoms with E-state index < -0.39 is 24.3 Å². The molecule has 0 spiro atoms. The lowest BCUT2D eigenvalue weighted by molar-refractivity contribution is -0.119. The standard InChI is InChI=1S/C19H14ClFN2O3S/c1-11-17(27-18(22-11)12-5-3-2-4-6-12)19(25)26-10-16(24)23-13-7-8-15(21)14(20)9-13/h2-9H,10H2,1H3,(H,23,24). The Bertz CT molecular complexity index is 992. The smallest absolute Gasteiger partial charge is 0.350 e. The minimum atomic E-state index is -0.625. The lowest BCUT2D eigenvalue weighted by Crippen LogP contribution is -2.20. The number of carbonyl (C=O) groups is 2. The van der Waals surface area contributed by atoms with E-state index in [9.17, 15) is 14.0 Å². The lowest BCUT2D eigenvalue weighted by Gasteiger charge is -2.06. The van der Waals surface area contributed by atoms with Gasteiger partial charge in [0, 0.05) is 11.3 Å². The summed E-state index contributed by atoms with van der Waals surface area (Å²) in [5, 5.41) is 3.07. The number of carbonyl (C=O) groups excluding carboxylic acids is 2. The van der Waals surface area contributed by atoms with Gasteiger partial charge in [-0.05, 0) is 25.1 Å². The number of halogens is 2. The van der Waals surface area contributed by atoms with Crippen LogP contribution in [0.15, 0.2) is 48.5 Å². The van der Waals surface area contributed by atoms with Crippen molar-refractivity contribution in [3.05, 3.63) is 69.9 Å². The topological polar surface area (TPSA) is 68.3 Å². The van der Waals surface area contributed by atoms with Crippen molar-refractivity contribution in [2.45, 2.75) is 6.92 Å². The number of nitrogens with one attached hydrogen (secondary N) is 1. The van der Waals surface area contributed by atoms with Gasteiger partial charge >= 0.3 is 5.97 Å². The summed E-state index contributed by atoms with van der Waals surface area (Å²) in [5.41, 5.74) is 1.74. The number of thiazole rings is 1. The summed E-state index contributed by atoms with van der Waals surface area (Å²) in [6.45, 7) is 1.23. The molecule has 0 bridgehead atoms. The number of esters is 1. The molecule has 1 N–H and O–H groups in total. The van der Waals surface area contributed by atoms with Crippen LogP contribution in [0.3, 0.4) is 0 Å². The van der Waals surface area contributed by atoms with Gasteiger partial charge in [0.15, 0.2) is 6.61 Å². The molecule has 0 atom stereocenters. The van der Waals surface area contributed by atoms with Gasteiger partial charge in [-0.3, -0.25) is 4.79 Å². The van der Waals surface area contributed by atoms with Crippen LogP contribution in [-0.2, 0) is 9.53 Å². The average Bonchev–Trinajstić information content (AvgIpc) is 3.05. The van der Waals surface area contributed by atoms with Crippen LogP contribution in [0.4, 0.5) is 10.1 Å². The number of nitrogens with zero attached hydrogens (tertiary/aromatic N) is 1. The quantitative estimate of drug-likeness (QED) is 0.625. The predicted octanol–water partition coefficient (Wildman–Crippen LogP) is 4.71. The molecule has 1 amide bonds. The molecule has 0 aliphatic heterocycles. The van der Waals surface area contributed by atoms with Gasteiger partial charge in [-0.2, -0.15) is 0 Å². The zero-order valence-corrected chi connectivity index (χ0v) is 15.7. The van der Waals surface area contributed by atoms with Crippen LogP contribution < -0.4 is 5.32 Å². The molecule has 0 fully saturated rings. The van der Waals surface area contributed by atoms with Gasteiger partial charge in [0.05, 0.1) is 10.7 Å². The fourth-order valence-electron chi connectivity index (χ4n) is 2.26. The fraction of sp³-hybridized carbons (Fsp3) is 0.105. The summed E-state index contributed by atoms with van der Waals surface area (Å²) in [4.78, 5) is 28.9. The van der Waals surface area contributed by atoms with Crippen molar-refractivity contribution in [3.63, 3.8) is 0 Å². The second-order valence-electron chi connectivity index (χ2n) is 5.55. The van der Waals surface area contributed by atoms with E-state index in [1.165, 1.54) is 23.5 Å². The Morgan fingerprint density at radius 3 is 2.67 bits per heavy atom. The second kappa shape index (κ2) is 8.28. The molecule has 0 aliphatic carbocycles. The molecule has 1 aromatic heterocycles. The molecule has 8 heteroatoms. The van der Waals surface area contributed by atoms with E-state index in [1.54, 1.807) is 6.92 Å². The first-order chi connectivity index (χ1) is 12.9. The zero-order valence-electron chi connectivity index (χ0n) is 14.2. The molecule has 5 nitrogen and oxygen atoms in total. The maximum Gasteiger partial charge on any atom is 0.350 e. The fourth-order valence-corrected chi connectivity index (χ4v) is 3.40. The minimum Gasteiger partial charge on any atom is -0.451 e. The van der Waals surface area contributed by atoms with Gasteiger partial charge < -0.3 is 10.1 Å². The molecular formula is C19H14ClFN2O3S. The highest BCUT2D eigenvalue weighted by Crippen LogP contribution is 2.28. The second-order valence-corrected chi connectivity index (χ2v) is 6.96. The number of rotatable bonds is 5. The Balaban J connectivity index is 1.61. The first-order valence-corrected chi connectivity index (χ1v) is 9.08. The SMILES string of the molecule is Cc1nc(-c2ccccc2)sc1C(=O)OCC(=O)Nc1ccc(F)c(Cl)c1. The molecule has 138 valence electrons. The van der Waals surface area contributed by atoms with Gasteiger partial charge in [0.25, 0.3) is 5.91 Å². The van der Waals surface area contributed by atoms with Crippen molar-refractivity contribution in [2.24, 2.45) is 0 Å². The van der Waals surface area contributed by atoms with Crippen molar-refractivity contribution in [2.75, 3.05) is 11.9 Å². The van der Waals surface area contributed by atoms with Gasteiger partial charge in [0.2, 0.25) is 0 Å². The molecular weight excluding hydrogens is 391 g/mol. The summed E-state index contributed by atoms with van der Waals surface area (Å²) in [6.07, 6.45) is 0. The third-order valence-electron chi connectivity index (χ3n) is 3.54. The molecule has 0 saturated carbocycles. The van der Waals surface area contributed by atoms with Gasteiger partial charge in [0.1, 0.15) is 15.7 Å². The van der Waals surface area contributed by atoms with Crippen molar-refractivity contribution < 1.29 is 18.7 Å². The van der Waals surface area contributed by atoms with E-state index in [1.807, 2.05) is 30.3 Å². The molecule has 0 aliphatic rings. The van der Waals surface area contributed by atoms with Crippen molar-refractivity contribution in [1.82, 2.24) is 4.98 Å². The van der Waals surface area contributed by atoms with Crippen LogP contribution in [0, 0.1) is 12.7 Å². The summed E-state index contributed by atoms with van der Waals surface area (Å²) >= 11 is 6.86. The van der Waals surface area contributed by atoms with Crippen molar-refractivity contribution in [3.8, 4) is 10.6 Å². The van der Waals surface area contributed by atoms with Crippen molar-refractivity contribution >= 4 is 40.5 Å². The number of aryl methyl sites for hydroxylation is 1. The number of hydrogen-bond acceptors (Lipinski definition) is 5. The molecule has 1 heterocycles. The van der Waals surface area contributed by atoms with E-state index in [0.29, 0.717) is 21.3 Å². The maximum absolute atomic E-state index is 13.1. The highest BCUT2D eigenvalue weighted by atomic mass is 35.5. The molecule has 27 heavy (non-hydrogen) atoms. The van der Waals surface area contributed by atoms with E-state index in [4.69, 9.17) is 16.3 Å². The van der Waals surface area contributed by atoms with Crippen LogP contribution in [-0.4, -0.2) is 23.5 Å². The molecule has 2 aromatic carbocycles. The van der Waals surface area contributed by atoms with Crippen molar-refractivity contribution in [1.29, 1.82) is 0 Å². The molecule has 0 saturated heterocycles. The minimum absolute atomic E-state index is 0.112. The number of benzene rings is 2. The molecule has 3 aromatic rings. The number of anilines is 1. The van der Waals surface area contributed by atoms with Crippen LogP contribution >= 0.6 is 22.9 Å². The van der Waals surface area contributed by atoms with E-state index in [2.05, 4.69) is 10.3 Å². The Morgan fingerprint density at radius 1 is 1.22 bits per heavy atom. The first kappa shape index (κ1) is 19.0. The third-order valence-corrected chi connectivity index (χ3v) is 5.02. The summed E-state index contributed by atoms with van der Waals surface area (Å²) < 4.78 is 18.2. The summed E-state index contributed by atoms with van der Waals surface area (Å²) in [7, 11) is 0. The zero-order chi connectivity index (χ0) is 19.4. The third kappa shape index (κ3) is 4.69. The van der Waals surface area contributed by atoms with Gasteiger partial charge in [-0.15, -0.1) is 11.3 Å². The number of ether oxygens (including phenoxy) is 1. The van der Waals surface area contributed by atoms with Gasteiger partial charge in [-0.1, -0.05) is 41.9 Å². The predicted molar refractivity (Wildman–Crippen MR) is 103 cm³/mol. The summed E-state index contributed by atoms with van der Waals surface area (Å²) in [6, 6.07) is 13.2. The van der Waals surface area contributed by atoms with E-state index in [0.717, 1.165) is 11.6 Å². The van der Waals surface area contributed by atoms with Crippen LogP contribution in [0.5, 0.6) is 0 Å². The molecule has 0 radical (unpaired) electrons. The monoisotopic (exact) mass is 404 g/mol. The normalized spacial score (nSPS) is 10.5. The van der Waals surface area contributed by atoms with Crippen LogP contribution in [0.25, 0.3) is 10.6 Å². The maximum atomic E-state index is 13.1.